The molecule has 1 amide bonds. The Morgan fingerprint density at radius 2 is 2.11 bits per heavy atom. The molecule has 0 bridgehead atoms. The molecule has 1 fully saturated rings. The van der Waals surface area contributed by atoms with Crippen LogP contribution in [0.25, 0.3) is 22.2 Å². The normalized spacial score (nSPS) is 15.4. The number of nitrogens with zero attached hydrogens (tertiary/aromatic N) is 5. The van der Waals surface area contributed by atoms with Crippen molar-refractivity contribution < 1.29 is 18.8 Å². The van der Waals surface area contributed by atoms with Gasteiger partial charge in [-0.3, -0.25) is 4.79 Å². The first-order valence-electron chi connectivity index (χ1n) is 11.8. The fourth-order valence-electron chi connectivity index (χ4n) is 4.17. The Morgan fingerprint density at radius 1 is 1.25 bits per heavy atom. The molecular formula is C25H26N6O4S. The zero-order valence-corrected chi connectivity index (χ0v) is 21.1. The number of ether oxygens (including phenoxy) is 1. The first-order valence-corrected chi connectivity index (χ1v) is 12.6. The quantitative estimate of drug-likeness (QED) is 0.366. The highest BCUT2D eigenvalue weighted by Gasteiger charge is 2.30. The van der Waals surface area contributed by atoms with E-state index in [4.69, 9.17) is 9.26 Å². The Morgan fingerprint density at radius 3 is 2.89 bits per heavy atom. The van der Waals surface area contributed by atoms with Gasteiger partial charge in [0.2, 0.25) is 11.7 Å². The third-order valence-electron chi connectivity index (χ3n) is 5.97. The number of aromatic nitrogens is 4. The molecule has 0 spiro atoms. The Balaban J connectivity index is 1.30. The van der Waals surface area contributed by atoms with E-state index in [0.717, 1.165) is 46.3 Å². The van der Waals surface area contributed by atoms with E-state index in [1.165, 1.54) is 0 Å². The van der Waals surface area contributed by atoms with Gasteiger partial charge in [-0.15, -0.1) is 11.3 Å². The molecule has 0 saturated carbocycles. The van der Waals surface area contributed by atoms with Crippen molar-refractivity contribution in [2.45, 2.75) is 39.7 Å². The van der Waals surface area contributed by atoms with E-state index in [-0.39, 0.29) is 11.9 Å². The predicted octanol–water partition coefficient (Wildman–Crippen LogP) is 4.25. The van der Waals surface area contributed by atoms with Gasteiger partial charge in [-0.05, 0) is 37.3 Å². The third-order valence-corrected chi connectivity index (χ3v) is 7.10. The van der Waals surface area contributed by atoms with Crippen LogP contribution in [0.15, 0.2) is 35.0 Å². The number of carbonyl (C=O) groups excluding carboxylic acids is 2. The van der Waals surface area contributed by atoms with Crippen LogP contribution in [0.5, 0.6) is 0 Å². The van der Waals surface area contributed by atoms with Crippen LogP contribution >= 0.6 is 11.3 Å². The Kier molecular flexibility index (Phi) is 6.64. The van der Waals surface area contributed by atoms with Gasteiger partial charge in [0.05, 0.1) is 12.3 Å². The lowest BCUT2D eigenvalue weighted by Gasteiger charge is -2.17. The van der Waals surface area contributed by atoms with Crippen LogP contribution in [0.2, 0.25) is 0 Å². The maximum absolute atomic E-state index is 13.1. The van der Waals surface area contributed by atoms with Crippen LogP contribution in [0.4, 0.5) is 5.82 Å². The molecule has 5 rings (SSSR count). The summed E-state index contributed by atoms with van der Waals surface area (Å²) in [5, 5.41) is 9.79. The van der Waals surface area contributed by atoms with Gasteiger partial charge in [0.25, 0.3) is 5.91 Å². The number of hydrogen-bond donors (Lipinski definition) is 1. The number of esters is 1. The summed E-state index contributed by atoms with van der Waals surface area (Å²) in [6.07, 6.45) is 3.27. The fraction of sp³-hybridized carbons (Fsp3) is 0.360. The summed E-state index contributed by atoms with van der Waals surface area (Å²) in [6.45, 7) is 6.85. The van der Waals surface area contributed by atoms with Crippen LogP contribution in [-0.2, 0) is 4.74 Å². The van der Waals surface area contributed by atoms with Crippen LogP contribution in [0, 0.1) is 13.8 Å². The lowest BCUT2D eigenvalue weighted by Crippen LogP contribution is -2.31. The average molecular weight is 507 g/mol. The number of carbonyl (C=O) groups is 2. The minimum absolute atomic E-state index is 0.0261. The molecular weight excluding hydrogens is 480 g/mol. The maximum atomic E-state index is 13.1. The molecule has 1 saturated heterocycles. The number of thiazole rings is 1. The highest BCUT2D eigenvalue weighted by Crippen LogP contribution is 2.29. The zero-order valence-electron chi connectivity index (χ0n) is 20.3. The second-order valence-electron chi connectivity index (χ2n) is 8.68. The molecule has 1 N–H and O–H groups in total. The second-order valence-corrected chi connectivity index (χ2v) is 9.68. The lowest BCUT2D eigenvalue weighted by atomic mass is 10.1. The first-order chi connectivity index (χ1) is 17.4. The minimum atomic E-state index is -0.427. The summed E-state index contributed by atoms with van der Waals surface area (Å²) in [7, 11) is 0. The largest absolute Gasteiger partial charge is 0.461 e. The summed E-state index contributed by atoms with van der Waals surface area (Å²) in [5.74, 6) is 1.16. The molecule has 1 aromatic carbocycles. The van der Waals surface area contributed by atoms with Crippen LogP contribution in [-0.4, -0.2) is 62.6 Å². The molecule has 186 valence electrons. The van der Waals surface area contributed by atoms with Crippen molar-refractivity contribution in [2.24, 2.45) is 0 Å². The van der Waals surface area contributed by atoms with Crippen molar-refractivity contribution in [3.05, 3.63) is 51.9 Å². The average Bonchev–Trinajstić information content (AvgIpc) is 3.62. The molecule has 1 atom stereocenters. The van der Waals surface area contributed by atoms with Crippen molar-refractivity contribution in [1.29, 1.82) is 0 Å². The first kappa shape index (κ1) is 23.9. The number of pyridine rings is 1. The van der Waals surface area contributed by atoms with Crippen LogP contribution < -0.4 is 5.32 Å². The standard InChI is InChI=1S/C25H26N6O4S/c1-4-11-34-25(33)20-14(2)27-23(36-20)24(32)31-10-8-18(13-31)29-22-19-12-17(21-28-15(3)35-30-21)6-5-16(19)7-9-26-22/h5-7,9,12,18H,4,8,10-11,13H2,1-3H3,(H,26,29)/t18-/m1/s1. The minimum Gasteiger partial charge on any atom is -0.461 e. The Labute approximate surface area is 211 Å². The maximum Gasteiger partial charge on any atom is 0.350 e. The van der Waals surface area contributed by atoms with Crippen molar-refractivity contribution in [3.63, 3.8) is 0 Å². The number of benzene rings is 1. The summed E-state index contributed by atoms with van der Waals surface area (Å²) < 4.78 is 10.3. The van der Waals surface area contributed by atoms with E-state index in [1.54, 1.807) is 24.9 Å². The number of rotatable bonds is 7. The fourth-order valence-corrected chi connectivity index (χ4v) is 5.10. The summed E-state index contributed by atoms with van der Waals surface area (Å²) >= 11 is 1.09. The number of aryl methyl sites for hydroxylation is 2. The van der Waals surface area contributed by atoms with Crippen molar-refractivity contribution in [1.82, 2.24) is 25.0 Å². The molecule has 1 aliphatic rings. The van der Waals surface area contributed by atoms with Gasteiger partial charge in [0.15, 0.2) is 5.01 Å². The second kappa shape index (κ2) is 10.0. The summed E-state index contributed by atoms with van der Waals surface area (Å²) in [5.41, 5.74) is 1.36. The molecule has 11 heteroatoms. The highest BCUT2D eigenvalue weighted by molar-refractivity contribution is 7.15. The third kappa shape index (κ3) is 4.78. The van der Waals surface area contributed by atoms with Gasteiger partial charge >= 0.3 is 5.97 Å². The van der Waals surface area contributed by atoms with Crippen LogP contribution in [0.1, 0.15) is 50.8 Å². The van der Waals surface area contributed by atoms with Gasteiger partial charge < -0.3 is 19.5 Å². The molecule has 4 aromatic rings. The van der Waals surface area contributed by atoms with Gasteiger partial charge in [-0.1, -0.05) is 24.2 Å². The van der Waals surface area contributed by atoms with E-state index in [1.807, 2.05) is 31.2 Å². The molecule has 1 aliphatic heterocycles. The van der Waals surface area contributed by atoms with Gasteiger partial charge in [0, 0.05) is 43.2 Å². The predicted molar refractivity (Wildman–Crippen MR) is 135 cm³/mol. The molecule has 36 heavy (non-hydrogen) atoms. The zero-order chi connectivity index (χ0) is 25.2. The van der Waals surface area contributed by atoms with E-state index >= 15 is 0 Å². The molecule has 0 aliphatic carbocycles. The monoisotopic (exact) mass is 506 g/mol. The number of amides is 1. The van der Waals surface area contributed by atoms with E-state index in [2.05, 4.69) is 25.4 Å². The summed E-state index contributed by atoms with van der Waals surface area (Å²) in [6, 6.07) is 7.92. The number of anilines is 1. The van der Waals surface area contributed by atoms with Crippen molar-refractivity contribution in [3.8, 4) is 11.4 Å². The number of likely N-dealkylation sites (tertiary alicyclic amines) is 1. The highest BCUT2D eigenvalue weighted by atomic mass is 32.1. The number of hydrogen-bond acceptors (Lipinski definition) is 10. The molecule has 0 radical (unpaired) electrons. The molecule has 0 unspecified atom stereocenters. The number of nitrogens with one attached hydrogen (secondary N) is 1. The van der Waals surface area contributed by atoms with Gasteiger partial charge in [-0.25, -0.2) is 14.8 Å². The summed E-state index contributed by atoms with van der Waals surface area (Å²) in [4.78, 5) is 40.7. The van der Waals surface area contributed by atoms with Gasteiger partial charge in [0.1, 0.15) is 10.7 Å². The van der Waals surface area contributed by atoms with E-state index < -0.39 is 5.97 Å². The molecule has 4 heterocycles. The SMILES string of the molecule is CCCOC(=O)c1sc(C(=O)N2CC[C@@H](Nc3nccc4ccc(-c5noc(C)n5)cc34)C2)nc1C. The smallest absolute Gasteiger partial charge is 0.350 e. The Bertz CT molecular complexity index is 1430. The number of fused-ring (bicyclic) bond motifs is 1. The van der Waals surface area contributed by atoms with Crippen LogP contribution in [0.3, 0.4) is 0 Å². The van der Waals surface area contributed by atoms with E-state index in [9.17, 15) is 9.59 Å². The van der Waals surface area contributed by atoms with E-state index in [0.29, 0.717) is 47.0 Å². The Hall–Kier alpha value is -3.86. The topological polar surface area (TPSA) is 123 Å². The van der Waals surface area contributed by atoms with Gasteiger partial charge in [-0.2, -0.15) is 4.98 Å². The van der Waals surface area contributed by atoms with Crippen molar-refractivity contribution in [2.75, 3.05) is 25.0 Å². The lowest BCUT2D eigenvalue weighted by molar-refractivity contribution is 0.0509. The molecule has 10 nitrogen and oxygen atoms in total. The molecule has 3 aromatic heterocycles. The van der Waals surface area contributed by atoms with Crippen molar-refractivity contribution >= 4 is 39.8 Å².